The van der Waals surface area contributed by atoms with Gasteiger partial charge in [0.25, 0.3) is 0 Å². The number of nitrogens with zero attached hydrogens (tertiary/aromatic N) is 1. The lowest BCUT2D eigenvalue weighted by molar-refractivity contribution is 0.669. The molecule has 3 nitrogen and oxygen atoms in total. The molecule has 2 heterocycles. The second kappa shape index (κ2) is 13.2. The van der Waals surface area contributed by atoms with Crippen molar-refractivity contribution in [2.24, 2.45) is 0 Å². The first kappa shape index (κ1) is 33.8. The first-order valence-electron chi connectivity index (χ1n) is 20.8. The van der Waals surface area contributed by atoms with Crippen LogP contribution in [0, 0.1) is 0 Å². The number of rotatable bonds is 5. The number of fused-ring (bicyclic) bond motifs is 15. The smallest absolute Gasteiger partial charge is 0.136 e. The van der Waals surface area contributed by atoms with Crippen molar-refractivity contribution in [3.05, 3.63) is 212 Å². The Hall–Kier alpha value is -8.14. The summed E-state index contributed by atoms with van der Waals surface area (Å²) < 4.78 is 13.0. The van der Waals surface area contributed by atoms with Gasteiger partial charge in [-0.15, -0.1) is 0 Å². The third kappa shape index (κ3) is 5.17. The zero-order valence-corrected chi connectivity index (χ0v) is 33.0. The van der Waals surface area contributed by atoms with Crippen LogP contribution in [-0.2, 0) is 0 Å². The molecule has 284 valence electrons. The molecule has 11 aromatic carbocycles. The molecular formula is C58H35NO2. The fourth-order valence-electron chi connectivity index (χ4n) is 9.88. The molecule has 0 saturated heterocycles. The van der Waals surface area contributed by atoms with Crippen LogP contribution in [0.5, 0.6) is 0 Å². The van der Waals surface area contributed by atoms with Crippen molar-refractivity contribution in [1.82, 2.24) is 0 Å². The van der Waals surface area contributed by atoms with Crippen LogP contribution in [0.4, 0.5) is 17.1 Å². The Balaban J connectivity index is 1.00. The zero-order valence-electron chi connectivity index (χ0n) is 33.0. The molecule has 0 unspecified atom stereocenters. The van der Waals surface area contributed by atoms with Gasteiger partial charge in [0.1, 0.15) is 22.3 Å². The van der Waals surface area contributed by atoms with Gasteiger partial charge in [0, 0.05) is 44.0 Å². The lowest BCUT2D eigenvalue weighted by atomic mass is 9.93. The fourth-order valence-corrected chi connectivity index (χ4v) is 9.88. The minimum absolute atomic E-state index is 0.866. The largest absolute Gasteiger partial charge is 0.456 e. The van der Waals surface area contributed by atoms with Crippen LogP contribution in [0.15, 0.2) is 221 Å². The molecule has 13 rings (SSSR count). The van der Waals surface area contributed by atoms with E-state index in [-0.39, 0.29) is 0 Å². The topological polar surface area (TPSA) is 29.5 Å². The first-order valence-corrected chi connectivity index (χ1v) is 20.8. The van der Waals surface area contributed by atoms with Crippen LogP contribution in [0.3, 0.4) is 0 Å². The summed E-state index contributed by atoms with van der Waals surface area (Å²) >= 11 is 0. The van der Waals surface area contributed by atoms with Crippen molar-refractivity contribution in [2.75, 3.05) is 4.90 Å². The van der Waals surface area contributed by atoms with E-state index in [4.69, 9.17) is 8.83 Å². The number of benzene rings is 11. The minimum atomic E-state index is 0.866. The molecule has 2 aromatic heterocycles. The van der Waals surface area contributed by atoms with Crippen molar-refractivity contribution >= 4 is 104 Å². The van der Waals surface area contributed by atoms with E-state index in [0.717, 1.165) is 82.8 Å². The molecule has 0 saturated carbocycles. The molecule has 61 heavy (non-hydrogen) atoms. The molecule has 13 aromatic rings. The molecule has 0 atom stereocenters. The van der Waals surface area contributed by atoms with E-state index in [1.54, 1.807) is 0 Å². The molecule has 0 aliphatic carbocycles. The van der Waals surface area contributed by atoms with Gasteiger partial charge in [-0.2, -0.15) is 0 Å². The van der Waals surface area contributed by atoms with Crippen molar-refractivity contribution in [3.8, 4) is 22.3 Å². The quantitative estimate of drug-likeness (QED) is 0.163. The van der Waals surface area contributed by atoms with Crippen LogP contribution in [0.25, 0.3) is 109 Å². The van der Waals surface area contributed by atoms with Gasteiger partial charge in [0.05, 0.1) is 0 Å². The van der Waals surface area contributed by atoms with Gasteiger partial charge in [0.15, 0.2) is 0 Å². The summed E-state index contributed by atoms with van der Waals surface area (Å²) in [4.78, 5) is 2.38. The molecular weight excluding hydrogens is 743 g/mol. The van der Waals surface area contributed by atoms with E-state index in [1.165, 1.54) is 43.4 Å². The summed E-state index contributed by atoms with van der Waals surface area (Å²) in [6, 6.07) is 76.3. The molecule has 0 radical (unpaired) electrons. The van der Waals surface area contributed by atoms with Gasteiger partial charge in [-0.1, -0.05) is 152 Å². The van der Waals surface area contributed by atoms with Gasteiger partial charge in [-0.3, -0.25) is 0 Å². The van der Waals surface area contributed by atoms with E-state index in [0.29, 0.717) is 0 Å². The third-order valence-electron chi connectivity index (χ3n) is 12.6. The SMILES string of the molecule is c1ccc(-c2ccc(N(c3ccc(-c4cccc5oc6ccc7ccc8oc9ccccc9c8c7c6c45)cc3)c3ccc4c5ccccc5c5ccccc5c4c3)cc2)cc1. The van der Waals surface area contributed by atoms with Crippen LogP contribution in [0.1, 0.15) is 0 Å². The molecule has 0 N–H and O–H groups in total. The summed E-state index contributed by atoms with van der Waals surface area (Å²) in [5.74, 6) is 0. The van der Waals surface area contributed by atoms with E-state index < -0.39 is 0 Å². The number of para-hydroxylation sites is 1. The Labute approximate surface area is 350 Å². The Morgan fingerprint density at radius 1 is 0.262 bits per heavy atom. The van der Waals surface area contributed by atoms with Gasteiger partial charge in [-0.05, 0) is 121 Å². The second-order valence-electron chi connectivity index (χ2n) is 16.0. The average Bonchev–Trinajstić information content (AvgIpc) is 3.92. The maximum Gasteiger partial charge on any atom is 0.136 e. The molecule has 0 fully saturated rings. The Morgan fingerprint density at radius 3 is 1.44 bits per heavy atom. The maximum absolute atomic E-state index is 6.63. The Bertz CT molecular complexity index is 3820. The van der Waals surface area contributed by atoms with E-state index in [1.807, 2.05) is 12.1 Å². The Morgan fingerprint density at radius 2 is 0.754 bits per heavy atom. The van der Waals surface area contributed by atoms with Crippen LogP contribution >= 0.6 is 0 Å². The van der Waals surface area contributed by atoms with Gasteiger partial charge in [0.2, 0.25) is 0 Å². The van der Waals surface area contributed by atoms with E-state index in [9.17, 15) is 0 Å². The van der Waals surface area contributed by atoms with Crippen molar-refractivity contribution in [3.63, 3.8) is 0 Å². The second-order valence-corrected chi connectivity index (χ2v) is 16.0. The average molecular weight is 778 g/mol. The highest BCUT2D eigenvalue weighted by Gasteiger charge is 2.21. The minimum Gasteiger partial charge on any atom is -0.456 e. The molecule has 0 aliphatic heterocycles. The molecule has 0 bridgehead atoms. The summed E-state index contributed by atoms with van der Waals surface area (Å²) in [7, 11) is 0. The highest BCUT2D eigenvalue weighted by Crippen LogP contribution is 2.46. The first-order chi connectivity index (χ1) is 30.2. The predicted octanol–water partition coefficient (Wildman–Crippen LogP) is 16.9. The summed E-state index contributed by atoms with van der Waals surface area (Å²) in [6.45, 7) is 0. The molecule has 0 aliphatic rings. The molecule has 0 spiro atoms. The van der Waals surface area contributed by atoms with Gasteiger partial charge in [-0.25, -0.2) is 0 Å². The maximum atomic E-state index is 6.63. The van der Waals surface area contributed by atoms with Gasteiger partial charge >= 0.3 is 0 Å². The Kier molecular flexibility index (Phi) is 7.31. The van der Waals surface area contributed by atoms with Crippen LogP contribution < -0.4 is 4.90 Å². The van der Waals surface area contributed by atoms with Crippen LogP contribution in [-0.4, -0.2) is 0 Å². The zero-order chi connectivity index (χ0) is 40.0. The lowest BCUT2D eigenvalue weighted by Gasteiger charge is -2.27. The van der Waals surface area contributed by atoms with Crippen molar-refractivity contribution < 1.29 is 8.83 Å². The number of furan rings is 2. The lowest BCUT2D eigenvalue weighted by Crippen LogP contribution is -2.10. The van der Waals surface area contributed by atoms with Crippen molar-refractivity contribution in [1.29, 1.82) is 0 Å². The number of hydrogen-bond acceptors (Lipinski definition) is 3. The van der Waals surface area contributed by atoms with E-state index >= 15 is 0 Å². The summed E-state index contributed by atoms with van der Waals surface area (Å²) in [5.41, 5.74) is 11.4. The number of anilines is 3. The third-order valence-corrected chi connectivity index (χ3v) is 12.6. The highest BCUT2D eigenvalue weighted by atomic mass is 16.3. The molecule has 0 amide bonds. The standard InChI is InChI=1S/C58H35NO2/c1-2-11-36(12-3-1)37-21-27-40(28-22-37)59(42-31-32-48-46-15-5-4-13-44(46)45-14-6-7-16-47(45)50(48)35-42)41-29-23-38(24-30-41)43-18-10-20-52-56(43)58-54(61-52)34-26-39-25-33-53-57(55(39)58)49-17-8-9-19-51(49)60-53/h1-35H. The summed E-state index contributed by atoms with van der Waals surface area (Å²) in [6.07, 6.45) is 0. The summed E-state index contributed by atoms with van der Waals surface area (Å²) in [5, 5.41) is 14.3. The predicted molar refractivity (Wildman–Crippen MR) is 257 cm³/mol. The molecule has 3 heteroatoms. The van der Waals surface area contributed by atoms with Crippen molar-refractivity contribution in [2.45, 2.75) is 0 Å². The number of hydrogen-bond donors (Lipinski definition) is 0. The highest BCUT2D eigenvalue weighted by molar-refractivity contribution is 6.32. The van der Waals surface area contributed by atoms with Crippen LogP contribution in [0.2, 0.25) is 0 Å². The fraction of sp³-hybridized carbons (Fsp3) is 0. The van der Waals surface area contributed by atoms with Gasteiger partial charge < -0.3 is 13.7 Å². The van der Waals surface area contributed by atoms with E-state index in [2.05, 4.69) is 205 Å². The monoisotopic (exact) mass is 777 g/mol. The normalized spacial score (nSPS) is 11.9.